The van der Waals surface area contributed by atoms with Gasteiger partial charge in [-0.25, -0.2) is 0 Å². The molecule has 2 nitrogen and oxygen atoms in total. The molecule has 3 unspecified atom stereocenters. The van der Waals surface area contributed by atoms with Gasteiger partial charge in [-0.1, -0.05) is 34.6 Å². The fourth-order valence-electron chi connectivity index (χ4n) is 4.37. The van der Waals surface area contributed by atoms with E-state index in [2.05, 4.69) is 34.6 Å². The minimum Gasteiger partial charge on any atom is -0.377 e. The van der Waals surface area contributed by atoms with Crippen LogP contribution in [0.3, 0.4) is 0 Å². The average molecular weight is 280 g/mol. The lowest BCUT2D eigenvalue weighted by molar-refractivity contribution is 0.0559. The van der Waals surface area contributed by atoms with E-state index in [-0.39, 0.29) is 0 Å². The quantitative estimate of drug-likeness (QED) is 0.765. The molecular formula is C18H32O2. The van der Waals surface area contributed by atoms with Gasteiger partial charge in [-0.2, -0.15) is 0 Å². The van der Waals surface area contributed by atoms with E-state index in [0.717, 1.165) is 19.1 Å². The van der Waals surface area contributed by atoms with E-state index < -0.39 is 0 Å². The van der Waals surface area contributed by atoms with Gasteiger partial charge in [0.15, 0.2) is 0 Å². The molecule has 20 heavy (non-hydrogen) atoms. The summed E-state index contributed by atoms with van der Waals surface area (Å²) >= 11 is 0. The van der Waals surface area contributed by atoms with Crippen LogP contribution < -0.4 is 0 Å². The molecule has 3 aliphatic rings. The molecule has 0 aromatic carbocycles. The van der Waals surface area contributed by atoms with Crippen LogP contribution in [0, 0.1) is 28.6 Å². The summed E-state index contributed by atoms with van der Waals surface area (Å²) in [6.45, 7) is 13.6. The number of hydrogen-bond donors (Lipinski definition) is 0. The highest BCUT2D eigenvalue weighted by atomic mass is 16.5. The Balaban J connectivity index is 1.49. The summed E-state index contributed by atoms with van der Waals surface area (Å²) in [6, 6.07) is 0. The van der Waals surface area contributed by atoms with Crippen molar-refractivity contribution in [3.8, 4) is 0 Å². The summed E-state index contributed by atoms with van der Waals surface area (Å²) in [7, 11) is 0. The fraction of sp³-hybridized carbons (Fsp3) is 1.00. The molecule has 0 radical (unpaired) electrons. The van der Waals surface area contributed by atoms with Crippen LogP contribution in [0.1, 0.15) is 60.3 Å². The number of hydrogen-bond acceptors (Lipinski definition) is 2. The molecule has 0 aromatic heterocycles. The third-order valence-electron chi connectivity index (χ3n) is 6.03. The molecule has 2 heterocycles. The van der Waals surface area contributed by atoms with Crippen molar-refractivity contribution >= 4 is 0 Å². The van der Waals surface area contributed by atoms with Gasteiger partial charge in [0, 0.05) is 0 Å². The van der Waals surface area contributed by atoms with Gasteiger partial charge in [-0.05, 0) is 54.3 Å². The average Bonchev–Trinajstić information content (AvgIpc) is 2.73. The van der Waals surface area contributed by atoms with E-state index in [1.807, 2.05) is 0 Å². The highest BCUT2D eigenvalue weighted by Gasteiger charge is 2.59. The van der Waals surface area contributed by atoms with Crippen molar-refractivity contribution in [3.63, 3.8) is 0 Å². The van der Waals surface area contributed by atoms with Crippen LogP contribution in [0.5, 0.6) is 0 Å². The molecule has 116 valence electrons. The molecule has 0 amide bonds. The molecule has 0 N–H and O–H groups in total. The Hall–Kier alpha value is -0.0800. The van der Waals surface area contributed by atoms with Gasteiger partial charge in [0.25, 0.3) is 0 Å². The van der Waals surface area contributed by atoms with E-state index in [9.17, 15) is 0 Å². The topological polar surface area (TPSA) is 18.5 Å². The lowest BCUT2D eigenvalue weighted by Gasteiger charge is -2.21. The molecule has 3 fully saturated rings. The Morgan fingerprint density at radius 2 is 1.65 bits per heavy atom. The molecule has 2 aliphatic heterocycles. The first-order valence-corrected chi connectivity index (χ1v) is 8.55. The molecule has 0 bridgehead atoms. The minimum atomic E-state index is 0.388. The van der Waals surface area contributed by atoms with Crippen molar-refractivity contribution in [2.75, 3.05) is 13.2 Å². The van der Waals surface area contributed by atoms with E-state index >= 15 is 0 Å². The standard InChI is InChI=1S/C18H32O2/c1-12(2)15-9-18(11-20-15)7-14(18)6-13(3)16-8-17(4,5)10-19-16/h12-16H,6-11H2,1-5H3/t13?,14?,15-,16+,18?/m1/s1. The molecule has 3 rings (SSSR count). The summed E-state index contributed by atoms with van der Waals surface area (Å²) in [5, 5.41) is 0. The van der Waals surface area contributed by atoms with Crippen molar-refractivity contribution in [1.29, 1.82) is 0 Å². The van der Waals surface area contributed by atoms with E-state index in [1.54, 1.807) is 0 Å². The monoisotopic (exact) mass is 280 g/mol. The Morgan fingerprint density at radius 3 is 2.20 bits per heavy atom. The zero-order chi connectivity index (χ0) is 14.5. The molecule has 2 saturated heterocycles. The summed E-state index contributed by atoms with van der Waals surface area (Å²) in [5.74, 6) is 2.28. The SMILES string of the molecule is CC(CC1CC12CO[C@@H](C(C)C)C2)[C@@H]1CC(C)(C)CO1. The van der Waals surface area contributed by atoms with Crippen LogP contribution >= 0.6 is 0 Å². The Bertz CT molecular complexity index is 362. The number of rotatable bonds is 4. The predicted molar refractivity (Wildman–Crippen MR) is 81.7 cm³/mol. The third-order valence-corrected chi connectivity index (χ3v) is 6.03. The maximum atomic E-state index is 6.04. The van der Waals surface area contributed by atoms with Crippen molar-refractivity contribution in [2.24, 2.45) is 28.6 Å². The van der Waals surface area contributed by atoms with Crippen molar-refractivity contribution < 1.29 is 9.47 Å². The second-order valence-electron chi connectivity index (χ2n) is 8.99. The van der Waals surface area contributed by atoms with E-state index in [0.29, 0.717) is 34.9 Å². The first-order valence-electron chi connectivity index (χ1n) is 8.55. The summed E-state index contributed by atoms with van der Waals surface area (Å²) in [5.41, 5.74) is 0.941. The predicted octanol–water partition coefficient (Wildman–Crippen LogP) is 4.28. The second kappa shape index (κ2) is 4.98. The van der Waals surface area contributed by atoms with Gasteiger partial charge in [-0.15, -0.1) is 0 Å². The van der Waals surface area contributed by atoms with Crippen LogP contribution in [0.25, 0.3) is 0 Å². The zero-order valence-corrected chi connectivity index (χ0v) is 13.9. The summed E-state index contributed by atoms with van der Waals surface area (Å²) in [4.78, 5) is 0. The highest BCUT2D eigenvalue weighted by molar-refractivity contribution is 5.07. The Morgan fingerprint density at radius 1 is 0.950 bits per heavy atom. The smallest absolute Gasteiger partial charge is 0.0606 e. The first kappa shape index (κ1) is 14.8. The third kappa shape index (κ3) is 2.78. The second-order valence-corrected chi connectivity index (χ2v) is 8.99. The van der Waals surface area contributed by atoms with Crippen molar-refractivity contribution in [1.82, 2.24) is 0 Å². The zero-order valence-electron chi connectivity index (χ0n) is 13.9. The Labute approximate surface area is 124 Å². The molecule has 1 aliphatic carbocycles. The largest absolute Gasteiger partial charge is 0.377 e. The maximum absolute atomic E-state index is 6.04. The van der Waals surface area contributed by atoms with Gasteiger partial charge in [0.1, 0.15) is 0 Å². The van der Waals surface area contributed by atoms with Crippen LogP contribution in [0.2, 0.25) is 0 Å². The van der Waals surface area contributed by atoms with Gasteiger partial charge in [-0.3, -0.25) is 0 Å². The van der Waals surface area contributed by atoms with Gasteiger partial charge in [0.05, 0.1) is 25.4 Å². The van der Waals surface area contributed by atoms with Gasteiger partial charge >= 0.3 is 0 Å². The molecule has 2 heteroatoms. The summed E-state index contributed by atoms with van der Waals surface area (Å²) in [6.07, 6.45) is 6.28. The normalized spacial score (nSPS) is 44.4. The van der Waals surface area contributed by atoms with Crippen molar-refractivity contribution in [2.45, 2.75) is 72.5 Å². The van der Waals surface area contributed by atoms with E-state index in [4.69, 9.17) is 9.47 Å². The van der Waals surface area contributed by atoms with Crippen LogP contribution in [-0.2, 0) is 9.47 Å². The van der Waals surface area contributed by atoms with Gasteiger partial charge in [0.2, 0.25) is 0 Å². The summed E-state index contributed by atoms with van der Waals surface area (Å²) < 4.78 is 12.1. The molecule has 1 spiro atoms. The molecule has 0 aromatic rings. The minimum absolute atomic E-state index is 0.388. The van der Waals surface area contributed by atoms with Crippen LogP contribution in [0.4, 0.5) is 0 Å². The van der Waals surface area contributed by atoms with Crippen LogP contribution in [-0.4, -0.2) is 25.4 Å². The fourth-order valence-corrected chi connectivity index (χ4v) is 4.37. The number of ether oxygens (including phenoxy) is 2. The van der Waals surface area contributed by atoms with Crippen LogP contribution in [0.15, 0.2) is 0 Å². The van der Waals surface area contributed by atoms with Gasteiger partial charge < -0.3 is 9.47 Å². The van der Waals surface area contributed by atoms with Crippen molar-refractivity contribution in [3.05, 3.63) is 0 Å². The highest BCUT2D eigenvalue weighted by Crippen LogP contribution is 2.62. The van der Waals surface area contributed by atoms with E-state index in [1.165, 1.54) is 25.7 Å². The first-order chi connectivity index (χ1) is 9.31. The molecule has 5 atom stereocenters. The maximum Gasteiger partial charge on any atom is 0.0606 e. The Kier molecular flexibility index (Phi) is 3.70. The molecule has 1 saturated carbocycles. The lowest BCUT2D eigenvalue weighted by Crippen LogP contribution is -2.20. The molecular weight excluding hydrogens is 248 g/mol. The lowest BCUT2D eigenvalue weighted by atomic mass is 9.84.